The Bertz CT molecular complexity index is 720. The number of nitrogens with one attached hydrogen (secondary N) is 1. The minimum absolute atomic E-state index is 0.0405. The van der Waals surface area contributed by atoms with E-state index in [1.165, 1.54) is 6.92 Å². The molecule has 0 saturated heterocycles. The van der Waals surface area contributed by atoms with E-state index in [0.29, 0.717) is 30.9 Å². The van der Waals surface area contributed by atoms with Gasteiger partial charge in [0.05, 0.1) is 6.54 Å². The van der Waals surface area contributed by atoms with Crippen molar-refractivity contribution < 1.29 is 9.59 Å². The molecule has 1 aromatic heterocycles. The fourth-order valence-corrected chi connectivity index (χ4v) is 2.56. The predicted octanol–water partition coefficient (Wildman–Crippen LogP) is 1.20. The molecule has 2 amide bonds. The zero-order chi connectivity index (χ0) is 15.7. The van der Waals surface area contributed by atoms with Gasteiger partial charge in [0.1, 0.15) is 5.82 Å². The first kappa shape index (κ1) is 14.2. The number of anilines is 1. The van der Waals surface area contributed by atoms with Gasteiger partial charge in [-0.25, -0.2) is 0 Å². The number of fused-ring (bicyclic) bond motifs is 1. The van der Waals surface area contributed by atoms with Crippen LogP contribution in [0.25, 0.3) is 0 Å². The van der Waals surface area contributed by atoms with Crippen LogP contribution in [-0.4, -0.2) is 38.0 Å². The number of carbonyl (C=O) groups is 2. The Balaban J connectivity index is 1.73. The van der Waals surface area contributed by atoms with Crippen molar-refractivity contribution in [2.24, 2.45) is 0 Å². The highest BCUT2D eigenvalue weighted by atomic mass is 16.2. The van der Waals surface area contributed by atoms with Gasteiger partial charge in [0, 0.05) is 31.3 Å². The second-order valence-corrected chi connectivity index (χ2v) is 5.30. The molecule has 1 N–H and O–H groups in total. The third-order valence-corrected chi connectivity index (χ3v) is 3.68. The number of hydrogen-bond acceptors (Lipinski definition) is 4. The fraction of sp³-hybridized carbons (Fsp3) is 0.333. The third-order valence-electron chi connectivity index (χ3n) is 3.68. The van der Waals surface area contributed by atoms with E-state index in [0.717, 1.165) is 11.6 Å². The van der Waals surface area contributed by atoms with Crippen molar-refractivity contribution in [3.05, 3.63) is 41.5 Å². The summed E-state index contributed by atoms with van der Waals surface area (Å²) in [6, 6.07) is 6.90. The first-order chi connectivity index (χ1) is 10.5. The van der Waals surface area contributed by atoms with Gasteiger partial charge in [-0.2, -0.15) is 0 Å². The third kappa shape index (κ3) is 2.69. The molecule has 0 unspecified atom stereocenters. The lowest BCUT2D eigenvalue weighted by molar-refractivity contribution is -0.114. The molecular formula is C15H17N5O2. The molecule has 7 heteroatoms. The van der Waals surface area contributed by atoms with Crippen molar-refractivity contribution in [2.75, 3.05) is 11.9 Å². The van der Waals surface area contributed by atoms with E-state index >= 15 is 0 Å². The molecule has 22 heavy (non-hydrogen) atoms. The summed E-state index contributed by atoms with van der Waals surface area (Å²) in [5.41, 5.74) is 1.27. The molecule has 0 atom stereocenters. The molecule has 0 aliphatic carbocycles. The van der Waals surface area contributed by atoms with E-state index < -0.39 is 0 Å². The zero-order valence-electron chi connectivity index (χ0n) is 12.5. The van der Waals surface area contributed by atoms with Gasteiger partial charge in [-0.15, -0.1) is 10.2 Å². The van der Waals surface area contributed by atoms with Gasteiger partial charge < -0.3 is 14.8 Å². The standard InChI is InChI=1S/C15H17N5O2/c1-10-17-18-14-9-19(7-8-20(10)14)15(22)12-3-5-13(6-4-12)16-11(2)21/h3-6H,7-9H2,1-2H3,(H,16,21). The molecular weight excluding hydrogens is 282 g/mol. The van der Waals surface area contributed by atoms with E-state index in [4.69, 9.17) is 0 Å². The van der Waals surface area contributed by atoms with Crippen molar-refractivity contribution in [2.45, 2.75) is 26.9 Å². The molecule has 1 aliphatic heterocycles. The van der Waals surface area contributed by atoms with Gasteiger partial charge in [0.2, 0.25) is 5.91 Å². The van der Waals surface area contributed by atoms with Gasteiger partial charge in [-0.05, 0) is 31.2 Å². The highest BCUT2D eigenvalue weighted by Gasteiger charge is 2.24. The van der Waals surface area contributed by atoms with Gasteiger partial charge in [-0.3, -0.25) is 9.59 Å². The molecule has 0 radical (unpaired) electrons. The lowest BCUT2D eigenvalue weighted by atomic mass is 10.1. The Morgan fingerprint density at radius 3 is 2.55 bits per heavy atom. The summed E-state index contributed by atoms with van der Waals surface area (Å²) in [5, 5.41) is 10.8. The lowest BCUT2D eigenvalue weighted by Gasteiger charge is -2.27. The highest BCUT2D eigenvalue weighted by molar-refractivity contribution is 5.95. The quantitative estimate of drug-likeness (QED) is 0.903. The van der Waals surface area contributed by atoms with E-state index in [2.05, 4.69) is 15.5 Å². The first-order valence-electron chi connectivity index (χ1n) is 7.10. The second kappa shape index (κ2) is 5.59. The van der Waals surface area contributed by atoms with Crippen LogP contribution < -0.4 is 5.32 Å². The van der Waals surface area contributed by atoms with Gasteiger partial charge in [0.25, 0.3) is 5.91 Å². The monoisotopic (exact) mass is 299 g/mol. The summed E-state index contributed by atoms with van der Waals surface area (Å²) in [4.78, 5) is 25.3. The summed E-state index contributed by atoms with van der Waals surface area (Å²) in [6.07, 6.45) is 0. The van der Waals surface area contributed by atoms with Crippen molar-refractivity contribution in [3.63, 3.8) is 0 Å². The van der Waals surface area contributed by atoms with Gasteiger partial charge >= 0.3 is 0 Å². The SMILES string of the molecule is CC(=O)Nc1ccc(C(=O)N2CCn3c(C)nnc3C2)cc1. The fourth-order valence-electron chi connectivity index (χ4n) is 2.56. The number of aromatic nitrogens is 3. The summed E-state index contributed by atoms with van der Waals surface area (Å²) in [5.74, 6) is 1.51. The van der Waals surface area contributed by atoms with Crippen LogP contribution in [0.1, 0.15) is 28.9 Å². The molecule has 114 valence electrons. The van der Waals surface area contributed by atoms with Crippen LogP contribution in [0, 0.1) is 6.92 Å². The maximum atomic E-state index is 12.5. The second-order valence-electron chi connectivity index (χ2n) is 5.30. The molecule has 1 aliphatic rings. The van der Waals surface area contributed by atoms with Crippen molar-refractivity contribution >= 4 is 17.5 Å². The number of hydrogen-bond donors (Lipinski definition) is 1. The molecule has 0 fully saturated rings. The molecule has 0 spiro atoms. The molecule has 7 nitrogen and oxygen atoms in total. The number of benzene rings is 1. The minimum atomic E-state index is -0.134. The first-order valence-corrected chi connectivity index (χ1v) is 7.10. The highest BCUT2D eigenvalue weighted by Crippen LogP contribution is 2.16. The number of aryl methyl sites for hydroxylation is 1. The molecule has 2 heterocycles. The Kier molecular flexibility index (Phi) is 3.62. The van der Waals surface area contributed by atoms with E-state index in [-0.39, 0.29) is 11.8 Å². The summed E-state index contributed by atoms with van der Waals surface area (Å²) in [7, 11) is 0. The summed E-state index contributed by atoms with van der Waals surface area (Å²) >= 11 is 0. The van der Waals surface area contributed by atoms with Crippen LogP contribution >= 0.6 is 0 Å². The largest absolute Gasteiger partial charge is 0.329 e. The molecule has 2 aromatic rings. The lowest BCUT2D eigenvalue weighted by Crippen LogP contribution is -2.38. The average Bonchev–Trinajstić information content (AvgIpc) is 2.88. The Morgan fingerprint density at radius 1 is 1.14 bits per heavy atom. The van der Waals surface area contributed by atoms with Crippen LogP contribution in [-0.2, 0) is 17.9 Å². The average molecular weight is 299 g/mol. The Morgan fingerprint density at radius 2 is 1.86 bits per heavy atom. The topological polar surface area (TPSA) is 80.1 Å². The van der Waals surface area contributed by atoms with Crippen molar-refractivity contribution in [1.82, 2.24) is 19.7 Å². The van der Waals surface area contributed by atoms with Crippen molar-refractivity contribution in [1.29, 1.82) is 0 Å². The molecule has 3 rings (SSSR count). The Hall–Kier alpha value is -2.70. The van der Waals surface area contributed by atoms with Gasteiger partial charge in [-0.1, -0.05) is 0 Å². The van der Waals surface area contributed by atoms with E-state index in [1.807, 2.05) is 11.5 Å². The predicted molar refractivity (Wildman–Crippen MR) is 80.2 cm³/mol. The van der Waals surface area contributed by atoms with Crippen LogP contribution in [0.3, 0.4) is 0 Å². The summed E-state index contributed by atoms with van der Waals surface area (Å²) in [6.45, 7) is 5.18. The maximum Gasteiger partial charge on any atom is 0.254 e. The normalized spacial score (nSPS) is 13.6. The molecule has 0 bridgehead atoms. The number of amides is 2. The smallest absolute Gasteiger partial charge is 0.254 e. The molecule has 1 aromatic carbocycles. The zero-order valence-corrected chi connectivity index (χ0v) is 12.5. The number of nitrogens with zero attached hydrogens (tertiary/aromatic N) is 4. The van der Waals surface area contributed by atoms with Crippen LogP contribution in [0.15, 0.2) is 24.3 Å². The van der Waals surface area contributed by atoms with Crippen LogP contribution in [0.5, 0.6) is 0 Å². The summed E-state index contributed by atoms with van der Waals surface area (Å²) < 4.78 is 2.03. The maximum absolute atomic E-state index is 12.5. The van der Waals surface area contributed by atoms with Crippen LogP contribution in [0.2, 0.25) is 0 Å². The van der Waals surface area contributed by atoms with Crippen molar-refractivity contribution in [3.8, 4) is 0 Å². The molecule has 0 saturated carbocycles. The van der Waals surface area contributed by atoms with Crippen LogP contribution in [0.4, 0.5) is 5.69 Å². The van der Waals surface area contributed by atoms with E-state index in [9.17, 15) is 9.59 Å². The number of rotatable bonds is 2. The van der Waals surface area contributed by atoms with E-state index in [1.54, 1.807) is 29.2 Å². The number of carbonyl (C=O) groups excluding carboxylic acids is 2. The van der Waals surface area contributed by atoms with Gasteiger partial charge in [0.15, 0.2) is 5.82 Å². The minimum Gasteiger partial charge on any atom is -0.329 e. The Labute approximate surface area is 127 Å².